The molecular formula is C10H10Cl2O3. The zero-order valence-corrected chi connectivity index (χ0v) is 9.55. The van der Waals surface area contributed by atoms with E-state index < -0.39 is 12.1 Å². The Balaban J connectivity index is 2.89. The molecule has 0 fully saturated rings. The predicted octanol–water partition coefficient (Wildman–Crippen LogP) is 2.93. The molecule has 1 unspecified atom stereocenters. The van der Waals surface area contributed by atoms with Gasteiger partial charge in [0.15, 0.2) is 6.10 Å². The van der Waals surface area contributed by atoms with Crippen molar-refractivity contribution in [2.75, 3.05) is 0 Å². The molecule has 1 aromatic carbocycles. The number of carboxylic acids is 1. The van der Waals surface area contributed by atoms with Crippen LogP contribution in [-0.4, -0.2) is 17.2 Å². The summed E-state index contributed by atoms with van der Waals surface area (Å²) in [5.41, 5.74) is 0.678. The maximum atomic E-state index is 10.6. The molecule has 5 heteroatoms. The van der Waals surface area contributed by atoms with E-state index in [0.29, 0.717) is 16.3 Å². The molecular weight excluding hydrogens is 239 g/mol. The van der Waals surface area contributed by atoms with Crippen molar-refractivity contribution in [2.24, 2.45) is 0 Å². The van der Waals surface area contributed by atoms with Crippen LogP contribution in [0.25, 0.3) is 0 Å². The Morgan fingerprint density at radius 2 is 2.27 bits per heavy atom. The lowest BCUT2D eigenvalue weighted by Crippen LogP contribution is -2.23. The van der Waals surface area contributed by atoms with Crippen LogP contribution < -0.4 is 4.74 Å². The molecule has 82 valence electrons. The topological polar surface area (TPSA) is 46.5 Å². The van der Waals surface area contributed by atoms with E-state index in [1.807, 2.05) is 0 Å². The molecule has 0 spiro atoms. The lowest BCUT2D eigenvalue weighted by atomic mass is 10.2. The summed E-state index contributed by atoms with van der Waals surface area (Å²) in [6.07, 6.45) is -0.909. The molecule has 0 aliphatic rings. The summed E-state index contributed by atoms with van der Waals surface area (Å²) in [4.78, 5) is 10.6. The van der Waals surface area contributed by atoms with Crippen molar-refractivity contribution in [3.05, 3.63) is 28.8 Å². The van der Waals surface area contributed by atoms with Crippen molar-refractivity contribution in [2.45, 2.75) is 18.9 Å². The molecule has 0 aliphatic heterocycles. The van der Waals surface area contributed by atoms with Gasteiger partial charge in [0.25, 0.3) is 0 Å². The quantitative estimate of drug-likeness (QED) is 0.834. The fourth-order valence-electron chi connectivity index (χ4n) is 1.01. The molecule has 15 heavy (non-hydrogen) atoms. The first-order valence-electron chi connectivity index (χ1n) is 4.28. The second-order valence-electron chi connectivity index (χ2n) is 2.98. The average molecular weight is 249 g/mol. The summed E-state index contributed by atoms with van der Waals surface area (Å²) in [5, 5.41) is 9.22. The number of ether oxygens (including phenoxy) is 1. The first-order valence-corrected chi connectivity index (χ1v) is 5.19. The van der Waals surface area contributed by atoms with Gasteiger partial charge in [-0.25, -0.2) is 4.79 Å². The normalized spacial score (nSPS) is 12.2. The molecule has 3 nitrogen and oxygen atoms in total. The number of benzene rings is 1. The fraction of sp³-hybridized carbons (Fsp3) is 0.300. The van der Waals surface area contributed by atoms with Gasteiger partial charge in [-0.2, -0.15) is 0 Å². The molecule has 1 N–H and O–H groups in total. The zero-order valence-electron chi connectivity index (χ0n) is 8.04. The summed E-state index contributed by atoms with van der Waals surface area (Å²) in [5.74, 6) is -0.350. The highest BCUT2D eigenvalue weighted by Gasteiger charge is 2.14. The molecule has 1 atom stereocenters. The largest absolute Gasteiger partial charge is 0.479 e. The molecule has 1 rings (SSSR count). The van der Waals surface area contributed by atoms with Crippen LogP contribution in [0.2, 0.25) is 5.02 Å². The van der Waals surface area contributed by atoms with Gasteiger partial charge in [0.1, 0.15) is 5.75 Å². The van der Waals surface area contributed by atoms with Crippen molar-refractivity contribution in [3.63, 3.8) is 0 Å². The fourth-order valence-corrected chi connectivity index (χ4v) is 1.41. The predicted molar refractivity (Wildman–Crippen MR) is 58.7 cm³/mol. The van der Waals surface area contributed by atoms with Crippen molar-refractivity contribution < 1.29 is 14.6 Å². The van der Waals surface area contributed by atoms with Crippen LogP contribution in [0.1, 0.15) is 12.5 Å². The number of carboxylic acid groups (broad SMARTS) is 1. The van der Waals surface area contributed by atoms with Gasteiger partial charge in [-0.15, -0.1) is 11.6 Å². The minimum atomic E-state index is -1.02. The van der Waals surface area contributed by atoms with Gasteiger partial charge in [-0.3, -0.25) is 0 Å². The van der Waals surface area contributed by atoms with Crippen LogP contribution in [0.15, 0.2) is 18.2 Å². The van der Waals surface area contributed by atoms with Crippen molar-refractivity contribution in [1.82, 2.24) is 0 Å². The number of carbonyl (C=O) groups is 1. The summed E-state index contributed by atoms with van der Waals surface area (Å²) >= 11 is 11.4. The Morgan fingerprint density at radius 1 is 1.60 bits per heavy atom. The SMILES string of the molecule is CC(Oc1ccc(Cl)cc1CCl)C(=O)O. The van der Waals surface area contributed by atoms with Gasteiger partial charge in [-0.1, -0.05) is 11.6 Å². The Morgan fingerprint density at radius 3 is 2.80 bits per heavy atom. The van der Waals surface area contributed by atoms with Crippen LogP contribution in [0.4, 0.5) is 0 Å². The number of halogens is 2. The highest BCUT2D eigenvalue weighted by atomic mass is 35.5. The van der Waals surface area contributed by atoms with Gasteiger partial charge < -0.3 is 9.84 Å². The monoisotopic (exact) mass is 248 g/mol. The van der Waals surface area contributed by atoms with Crippen LogP contribution >= 0.6 is 23.2 Å². The molecule has 0 saturated carbocycles. The van der Waals surface area contributed by atoms with Gasteiger partial charge >= 0.3 is 5.97 Å². The molecule has 0 heterocycles. The second-order valence-corrected chi connectivity index (χ2v) is 3.69. The third kappa shape index (κ3) is 3.29. The standard InChI is InChI=1S/C10H10Cl2O3/c1-6(10(13)14)15-9-3-2-8(12)4-7(9)5-11/h2-4,6H,5H2,1H3,(H,13,14). The molecule has 0 aromatic heterocycles. The highest BCUT2D eigenvalue weighted by Crippen LogP contribution is 2.25. The lowest BCUT2D eigenvalue weighted by Gasteiger charge is -2.13. The van der Waals surface area contributed by atoms with E-state index >= 15 is 0 Å². The summed E-state index contributed by atoms with van der Waals surface area (Å²) in [6.45, 7) is 1.45. The van der Waals surface area contributed by atoms with Crippen molar-refractivity contribution in [1.29, 1.82) is 0 Å². The van der Waals surface area contributed by atoms with E-state index in [9.17, 15) is 4.79 Å². The van der Waals surface area contributed by atoms with Gasteiger partial charge in [0.2, 0.25) is 0 Å². The third-order valence-corrected chi connectivity index (χ3v) is 2.34. The van der Waals surface area contributed by atoms with Gasteiger partial charge in [0, 0.05) is 10.6 Å². The first-order chi connectivity index (χ1) is 7.04. The van der Waals surface area contributed by atoms with E-state index in [4.69, 9.17) is 33.0 Å². The van der Waals surface area contributed by atoms with Crippen LogP contribution in [0, 0.1) is 0 Å². The third-order valence-electron chi connectivity index (χ3n) is 1.82. The molecule has 0 radical (unpaired) electrons. The minimum Gasteiger partial charge on any atom is -0.479 e. The highest BCUT2D eigenvalue weighted by molar-refractivity contribution is 6.30. The van der Waals surface area contributed by atoms with Gasteiger partial charge in [-0.05, 0) is 25.1 Å². The number of hydrogen-bond donors (Lipinski definition) is 1. The second kappa shape index (κ2) is 5.24. The number of alkyl halides is 1. The maximum Gasteiger partial charge on any atom is 0.344 e. The number of hydrogen-bond acceptors (Lipinski definition) is 2. The number of rotatable bonds is 4. The Kier molecular flexibility index (Phi) is 4.24. The van der Waals surface area contributed by atoms with Crippen LogP contribution in [-0.2, 0) is 10.7 Å². The van der Waals surface area contributed by atoms with E-state index in [1.165, 1.54) is 6.92 Å². The molecule has 0 amide bonds. The van der Waals surface area contributed by atoms with Crippen LogP contribution in [0.5, 0.6) is 5.75 Å². The Hall–Kier alpha value is -0.930. The molecule has 0 saturated heterocycles. The zero-order chi connectivity index (χ0) is 11.4. The number of aliphatic carboxylic acids is 1. The molecule has 1 aromatic rings. The van der Waals surface area contributed by atoms with E-state index in [2.05, 4.69) is 0 Å². The van der Waals surface area contributed by atoms with E-state index in [-0.39, 0.29) is 5.88 Å². The van der Waals surface area contributed by atoms with E-state index in [0.717, 1.165) is 0 Å². The Bertz CT molecular complexity index is 366. The lowest BCUT2D eigenvalue weighted by molar-refractivity contribution is -0.144. The average Bonchev–Trinajstić information content (AvgIpc) is 2.20. The van der Waals surface area contributed by atoms with Crippen molar-refractivity contribution in [3.8, 4) is 5.75 Å². The molecule has 0 aliphatic carbocycles. The summed E-state index contributed by atoms with van der Waals surface area (Å²) < 4.78 is 5.21. The maximum absolute atomic E-state index is 10.6. The summed E-state index contributed by atoms with van der Waals surface area (Å²) in [6, 6.07) is 4.89. The van der Waals surface area contributed by atoms with E-state index in [1.54, 1.807) is 18.2 Å². The Labute approximate surface area is 97.6 Å². The first kappa shape index (κ1) is 12.1. The molecule has 0 bridgehead atoms. The van der Waals surface area contributed by atoms with Crippen molar-refractivity contribution >= 4 is 29.2 Å². The van der Waals surface area contributed by atoms with Crippen LogP contribution in [0.3, 0.4) is 0 Å². The smallest absolute Gasteiger partial charge is 0.344 e. The van der Waals surface area contributed by atoms with Gasteiger partial charge in [0.05, 0.1) is 5.88 Å². The minimum absolute atomic E-state index is 0.224. The summed E-state index contributed by atoms with van der Waals surface area (Å²) in [7, 11) is 0.